The molecular weight excluding hydrogens is 832 g/mol. The maximum Gasteiger partial charge on any atom is 0.187 e. The molecule has 5 heterocycles. The highest BCUT2D eigenvalue weighted by Gasteiger charge is 2.55. The molecule has 0 aromatic carbocycles. The maximum absolute atomic E-state index is 11.4. The molecule has 60 heavy (non-hydrogen) atoms. The summed E-state index contributed by atoms with van der Waals surface area (Å²) >= 11 is 0. The lowest BCUT2D eigenvalue weighted by Crippen LogP contribution is -2.67. The lowest BCUT2D eigenvalue weighted by molar-refractivity contribution is -0.385. The van der Waals surface area contributed by atoms with Gasteiger partial charge in [-0.2, -0.15) is 0 Å². The van der Waals surface area contributed by atoms with Gasteiger partial charge in [-0.05, 0) is 0 Å². The van der Waals surface area contributed by atoms with Crippen LogP contribution in [0.1, 0.15) is 0 Å². The average molecular weight is 889 g/mol. The first-order chi connectivity index (χ1) is 28.3. The first-order valence-electron chi connectivity index (χ1n) is 18.8. The van der Waals surface area contributed by atoms with Crippen LogP contribution >= 0.6 is 0 Å². The Morgan fingerprint density at radius 1 is 0.383 bits per heavy atom. The van der Waals surface area contributed by atoms with Crippen molar-refractivity contribution >= 4 is 0 Å². The van der Waals surface area contributed by atoms with Crippen molar-refractivity contribution in [2.24, 2.45) is 0 Å². The second kappa shape index (κ2) is 21.2. The lowest BCUT2D eigenvalue weighted by Gasteiger charge is -2.48. The molecule has 28 nitrogen and oxygen atoms in total. The largest absolute Gasteiger partial charge is 0.394 e. The Morgan fingerprint density at radius 3 is 1.38 bits per heavy atom. The number of hydrogen-bond donors (Lipinski definition) is 19. The van der Waals surface area contributed by atoms with Crippen LogP contribution in [-0.4, -0.2) is 296 Å². The summed E-state index contributed by atoms with van der Waals surface area (Å²) in [7, 11) is 0. The highest BCUT2D eigenvalue weighted by molar-refractivity contribution is 4.99. The molecule has 352 valence electrons. The minimum absolute atomic E-state index is 0.841. The lowest BCUT2D eigenvalue weighted by atomic mass is 9.94. The van der Waals surface area contributed by atoms with Gasteiger partial charge in [-0.25, -0.2) is 0 Å². The molecule has 27 atom stereocenters. The van der Waals surface area contributed by atoms with Crippen LogP contribution < -0.4 is 0 Å². The number of hydrogen-bond acceptors (Lipinski definition) is 28. The minimum atomic E-state index is -2.27. The van der Waals surface area contributed by atoms with Crippen LogP contribution in [0.5, 0.6) is 0 Å². The van der Waals surface area contributed by atoms with E-state index in [0.717, 1.165) is 0 Å². The third-order valence-corrected chi connectivity index (χ3v) is 10.9. The fourth-order valence-corrected chi connectivity index (χ4v) is 7.27. The summed E-state index contributed by atoms with van der Waals surface area (Å²) in [6.07, 6.45) is -52.5. The molecule has 0 radical (unpaired) electrons. The summed E-state index contributed by atoms with van der Waals surface area (Å²) in [6, 6.07) is 0. The van der Waals surface area contributed by atoms with Gasteiger partial charge < -0.3 is 140 Å². The van der Waals surface area contributed by atoms with Gasteiger partial charge >= 0.3 is 0 Å². The van der Waals surface area contributed by atoms with Crippen molar-refractivity contribution in [3.63, 3.8) is 0 Å². The molecule has 5 fully saturated rings. The fraction of sp³-hybridized carbons (Fsp3) is 1.00. The molecule has 0 amide bonds. The predicted molar refractivity (Wildman–Crippen MR) is 179 cm³/mol. The van der Waals surface area contributed by atoms with Crippen LogP contribution in [0, 0.1) is 0 Å². The van der Waals surface area contributed by atoms with Crippen molar-refractivity contribution in [3.8, 4) is 0 Å². The van der Waals surface area contributed by atoms with Gasteiger partial charge in [-0.15, -0.1) is 0 Å². The van der Waals surface area contributed by atoms with Gasteiger partial charge in [0, 0.05) is 0 Å². The van der Waals surface area contributed by atoms with E-state index in [-0.39, 0.29) is 0 Å². The van der Waals surface area contributed by atoms with Crippen molar-refractivity contribution in [1.82, 2.24) is 0 Å². The zero-order valence-corrected chi connectivity index (χ0v) is 31.3. The molecule has 5 aliphatic rings. The Bertz CT molecular complexity index is 1300. The van der Waals surface area contributed by atoms with Crippen molar-refractivity contribution < 1.29 is 140 Å². The van der Waals surface area contributed by atoms with Crippen LogP contribution in [-0.2, 0) is 42.6 Å². The Labute approximate surface area is 338 Å². The standard InChI is InChI=1S/C32H56O28/c33-1-6(36)24-17(44)16(43)19(46)30(58-24)52-4-7(37)25-21(48)27(22(49)28(51)57-25)60-32-23(50)26(59-31-20(47)15(42)12(39)9(3-35)55-31)13(40)10(56-32)5-53-29-18(45)14(41)11(38)8(2-34)54-29/h6-51H,1-5H2/t6-,7-,8+,9+,10+,11+,12+,13+,14-,15-,16-,17-,18+,19-,20+,21+,22-,23+,24+,25+,26-,27-,28-,29-,30-,31+,32+/m0/s1. The van der Waals surface area contributed by atoms with E-state index in [2.05, 4.69) is 0 Å². The van der Waals surface area contributed by atoms with E-state index in [9.17, 15) is 97.0 Å². The second-order valence-corrected chi connectivity index (χ2v) is 15.0. The van der Waals surface area contributed by atoms with E-state index in [1.54, 1.807) is 0 Å². The van der Waals surface area contributed by atoms with E-state index >= 15 is 0 Å². The van der Waals surface area contributed by atoms with Crippen LogP contribution in [0.3, 0.4) is 0 Å². The van der Waals surface area contributed by atoms with Crippen LogP contribution in [0.25, 0.3) is 0 Å². The monoisotopic (exact) mass is 888 g/mol. The number of rotatable bonds is 15. The Balaban J connectivity index is 1.33. The molecule has 19 N–H and O–H groups in total. The Morgan fingerprint density at radius 2 is 0.833 bits per heavy atom. The smallest absolute Gasteiger partial charge is 0.187 e. The second-order valence-electron chi connectivity index (χ2n) is 15.0. The zero-order chi connectivity index (χ0) is 44.5. The van der Waals surface area contributed by atoms with Gasteiger partial charge in [0.15, 0.2) is 31.5 Å². The third-order valence-electron chi connectivity index (χ3n) is 10.9. The molecule has 5 aliphatic heterocycles. The number of ether oxygens (including phenoxy) is 9. The van der Waals surface area contributed by atoms with Crippen molar-refractivity contribution in [2.45, 2.75) is 166 Å². The molecule has 0 aromatic heterocycles. The quantitative estimate of drug-likeness (QED) is 0.0726. The van der Waals surface area contributed by atoms with Crippen LogP contribution in [0.4, 0.5) is 0 Å². The first-order valence-corrected chi connectivity index (χ1v) is 18.8. The van der Waals surface area contributed by atoms with Crippen LogP contribution in [0.2, 0.25) is 0 Å². The topological polar surface area (TPSA) is 467 Å². The molecule has 5 saturated heterocycles. The fourth-order valence-electron chi connectivity index (χ4n) is 7.27. The molecule has 0 unspecified atom stereocenters. The highest BCUT2D eigenvalue weighted by atomic mass is 16.8. The van der Waals surface area contributed by atoms with Crippen molar-refractivity contribution in [2.75, 3.05) is 33.0 Å². The molecule has 0 spiro atoms. The molecule has 0 aromatic rings. The van der Waals surface area contributed by atoms with Gasteiger partial charge in [0.2, 0.25) is 0 Å². The van der Waals surface area contributed by atoms with Gasteiger partial charge in [-0.1, -0.05) is 0 Å². The average Bonchev–Trinajstić information content (AvgIpc) is 3.23. The van der Waals surface area contributed by atoms with Crippen LogP contribution in [0.15, 0.2) is 0 Å². The molecule has 0 saturated carbocycles. The minimum Gasteiger partial charge on any atom is -0.394 e. The summed E-state index contributed by atoms with van der Waals surface area (Å²) in [6.45, 7) is -4.51. The number of aliphatic hydroxyl groups is 19. The molecule has 5 rings (SSSR count). The van der Waals surface area contributed by atoms with Gasteiger partial charge in [0.25, 0.3) is 0 Å². The number of aliphatic hydroxyl groups excluding tert-OH is 19. The summed E-state index contributed by atoms with van der Waals surface area (Å²) < 4.78 is 48.7. The molecule has 0 bridgehead atoms. The third kappa shape index (κ3) is 10.4. The first kappa shape index (κ1) is 49.9. The summed E-state index contributed by atoms with van der Waals surface area (Å²) in [5.41, 5.74) is 0. The Hall–Kier alpha value is -1.12. The normalized spacial score (nSPS) is 51.5. The van der Waals surface area contributed by atoms with E-state index in [1.807, 2.05) is 0 Å². The zero-order valence-electron chi connectivity index (χ0n) is 31.3. The maximum atomic E-state index is 11.4. The SMILES string of the molecule is OC[C@H](O)[C@H]1O[C@H](OC[C@H](O)[C@H]2O[C@H](O)[C@@H](O)[C@@H](O[C@H]3O[C@H](CO[C@H]4O[C@H](CO)[C@@H](O)[C@H](O)[C@H]4O)[C@@H](O)[C@H](O[C@H]4O[C@H](CO)[C@@H](O)[C@H](O)[C@H]4O)[C@H]3O)[C@@H]2O)[C@@H](O)[C@@H](O)[C@@H]1O. The van der Waals surface area contributed by atoms with Gasteiger partial charge in [0.05, 0.1) is 33.0 Å². The Kier molecular flexibility index (Phi) is 17.7. The highest BCUT2D eigenvalue weighted by Crippen LogP contribution is 2.34. The molecule has 28 heteroatoms. The van der Waals surface area contributed by atoms with Crippen molar-refractivity contribution in [1.29, 1.82) is 0 Å². The van der Waals surface area contributed by atoms with E-state index in [1.165, 1.54) is 0 Å². The molecular formula is C32H56O28. The summed E-state index contributed by atoms with van der Waals surface area (Å²) in [5.74, 6) is 0. The predicted octanol–water partition coefficient (Wildman–Crippen LogP) is -13.2. The van der Waals surface area contributed by atoms with E-state index in [0.29, 0.717) is 0 Å². The van der Waals surface area contributed by atoms with Gasteiger partial charge in [-0.3, -0.25) is 0 Å². The van der Waals surface area contributed by atoms with E-state index < -0.39 is 199 Å². The summed E-state index contributed by atoms with van der Waals surface area (Å²) in [4.78, 5) is 0. The van der Waals surface area contributed by atoms with Crippen molar-refractivity contribution in [3.05, 3.63) is 0 Å². The van der Waals surface area contributed by atoms with E-state index in [4.69, 9.17) is 42.6 Å². The summed E-state index contributed by atoms with van der Waals surface area (Å²) in [5, 5.41) is 197. The van der Waals surface area contributed by atoms with Gasteiger partial charge in [0.1, 0.15) is 134 Å². The molecule has 0 aliphatic carbocycles.